The molecule has 0 aromatic carbocycles. The zero-order valence-corrected chi connectivity index (χ0v) is 22.4. The molecule has 0 saturated carbocycles. The molecule has 1 aliphatic heterocycles. The quantitative estimate of drug-likeness (QED) is 0.358. The van der Waals surface area contributed by atoms with Crippen LogP contribution in [0.4, 0.5) is 0 Å². The van der Waals surface area contributed by atoms with Crippen LogP contribution in [0.25, 0.3) is 0 Å². The molecule has 11 nitrogen and oxygen atoms in total. The Balaban J connectivity index is 2.51. The number of nitrogens with zero attached hydrogens (tertiary/aromatic N) is 4. The van der Waals surface area contributed by atoms with Gasteiger partial charge in [0.2, 0.25) is 5.91 Å². The summed E-state index contributed by atoms with van der Waals surface area (Å²) in [6.45, 7) is 10.5. The molecule has 0 radical (unpaired) electrons. The van der Waals surface area contributed by atoms with Gasteiger partial charge in [0.1, 0.15) is 0 Å². The Hall–Kier alpha value is -2.08. The van der Waals surface area contributed by atoms with E-state index in [1.807, 2.05) is 23.8 Å². The summed E-state index contributed by atoms with van der Waals surface area (Å²) in [4.78, 5) is 56.6. The van der Waals surface area contributed by atoms with Gasteiger partial charge in [-0.2, -0.15) is 0 Å². The van der Waals surface area contributed by atoms with Crippen LogP contribution in [0.1, 0.15) is 33.6 Å². The van der Waals surface area contributed by atoms with Crippen molar-refractivity contribution in [3.63, 3.8) is 0 Å². The molecule has 0 aromatic heterocycles. The highest BCUT2D eigenvalue weighted by atomic mass is 16.7. The minimum Gasteiger partial charge on any atom is -0.424 e. The van der Waals surface area contributed by atoms with E-state index in [1.54, 1.807) is 23.9 Å². The fourth-order valence-electron chi connectivity index (χ4n) is 3.47. The molecule has 202 valence electrons. The molecule has 1 rings (SSSR count). The highest BCUT2D eigenvalue weighted by molar-refractivity contribution is 5.82. The summed E-state index contributed by atoms with van der Waals surface area (Å²) < 4.78 is 10.6. The second kappa shape index (κ2) is 16.6. The first-order valence-corrected chi connectivity index (χ1v) is 12.4. The third-order valence-electron chi connectivity index (χ3n) is 5.68. The van der Waals surface area contributed by atoms with Crippen LogP contribution in [0.5, 0.6) is 0 Å². The first-order chi connectivity index (χ1) is 16.5. The Bertz CT molecular complexity index is 663. The number of likely N-dealkylation sites (N-methyl/N-ethyl adjacent to an activating group) is 4. The van der Waals surface area contributed by atoms with Gasteiger partial charge in [-0.1, -0.05) is 20.8 Å². The van der Waals surface area contributed by atoms with E-state index in [0.29, 0.717) is 51.7 Å². The molecule has 1 fully saturated rings. The molecule has 0 bridgehead atoms. The van der Waals surface area contributed by atoms with Crippen molar-refractivity contribution in [1.29, 1.82) is 0 Å². The normalized spacial score (nSPS) is 19.1. The van der Waals surface area contributed by atoms with Crippen molar-refractivity contribution in [1.82, 2.24) is 24.9 Å². The minimum absolute atomic E-state index is 0.0101. The lowest BCUT2D eigenvalue weighted by Crippen LogP contribution is -2.42. The zero-order chi connectivity index (χ0) is 26.4. The molecule has 11 heteroatoms. The van der Waals surface area contributed by atoms with Gasteiger partial charge >= 0.3 is 11.9 Å². The number of hydrogen-bond donors (Lipinski definition) is 1. The van der Waals surface area contributed by atoms with Crippen LogP contribution in [-0.2, 0) is 28.7 Å². The van der Waals surface area contributed by atoms with Crippen molar-refractivity contribution in [2.24, 2.45) is 5.92 Å². The lowest BCUT2D eigenvalue weighted by molar-refractivity contribution is -0.189. The maximum atomic E-state index is 12.5. The number of cyclic esters (lactones) is 1. The summed E-state index contributed by atoms with van der Waals surface area (Å²) >= 11 is 0. The number of rotatable bonds is 12. The lowest BCUT2D eigenvalue weighted by Gasteiger charge is -2.24. The molecule has 1 heterocycles. The van der Waals surface area contributed by atoms with E-state index in [2.05, 4.69) is 19.2 Å². The molecule has 0 spiro atoms. The number of carbonyl (C=O) groups is 4. The van der Waals surface area contributed by atoms with Gasteiger partial charge in [0, 0.05) is 32.7 Å². The summed E-state index contributed by atoms with van der Waals surface area (Å²) in [5.41, 5.74) is 0. The van der Waals surface area contributed by atoms with E-state index in [4.69, 9.17) is 9.47 Å². The highest BCUT2D eigenvalue weighted by Crippen LogP contribution is 2.07. The fraction of sp³-hybridized carbons (Fsp3) is 0.833. The van der Waals surface area contributed by atoms with Crippen LogP contribution in [-0.4, -0.2) is 136 Å². The van der Waals surface area contributed by atoms with Gasteiger partial charge in [0.15, 0.2) is 5.78 Å². The number of ketones is 1. The maximum Gasteiger partial charge on any atom is 0.323 e. The smallest absolute Gasteiger partial charge is 0.323 e. The van der Waals surface area contributed by atoms with Crippen molar-refractivity contribution in [2.45, 2.75) is 39.9 Å². The van der Waals surface area contributed by atoms with Crippen molar-refractivity contribution in [3.8, 4) is 0 Å². The minimum atomic E-state index is -1.24. The molecule has 1 atom stereocenters. The number of Topliss-reactive ketones (excluding diaryl/α,β-unsaturated/α-hetero) is 1. The van der Waals surface area contributed by atoms with Crippen molar-refractivity contribution < 1.29 is 28.7 Å². The molecule has 1 saturated heterocycles. The third-order valence-corrected chi connectivity index (χ3v) is 5.68. The Morgan fingerprint density at radius 3 is 2.40 bits per heavy atom. The summed E-state index contributed by atoms with van der Waals surface area (Å²) in [7, 11) is 5.40. The Labute approximate surface area is 210 Å². The third kappa shape index (κ3) is 14.8. The van der Waals surface area contributed by atoms with Crippen LogP contribution >= 0.6 is 0 Å². The van der Waals surface area contributed by atoms with E-state index in [1.165, 1.54) is 0 Å². The molecule has 1 unspecified atom stereocenters. The van der Waals surface area contributed by atoms with Crippen LogP contribution in [0.15, 0.2) is 0 Å². The molecule has 35 heavy (non-hydrogen) atoms. The molecule has 0 aromatic rings. The lowest BCUT2D eigenvalue weighted by atomic mass is 10.1. The molecule has 1 amide bonds. The SMILES string of the molecule is CCN(CCN(C)CC(=O)OC1CC(=O)CN(C)CCN(C)CC(=O)O1)CC(=O)NCCC(C)C. The predicted molar refractivity (Wildman–Crippen MR) is 133 cm³/mol. The maximum absolute atomic E-state index is 12.5. The monoisotopic (exact) mass is 499 g/mol. The molecular formula is C24H45N5O6. The van der Waals surface area contributed by atoms with Crippen LogP contribution in [0.3, 0.4) is 0 Å². The number of carbonyl (C=O) groups excluding carboxylic acids is 4. The van der Waals surface area contributed by atoms with E-state index in [9.17, 15) is 19.2 Å². The van der Waals surface area contributed by atoms with Crippen molar-refractivity contribution in [2.75, 3.05) is 86.6 Å². The molecule has 1 aliphatic rings. The first kappa shape index (κ1) is 31.0. The van der Waals surface area contributed by atoms with E-state index in [-0.39, 0.29) is 37.7 Å². The van der Waals surface area contributed by atoms with Gasteiger partial charge < -0.3 is 14.8 Å². The molecule has 0 aliphatic carbocycles. The Kier molecular flexibility index (Phi) is 14.6. The summed E-state index contributed by atoms with van der Waals surface area (Å²) in [6.07, 6.45) is -0.472. The number of nitrogens with one attached hydrogen (secondary N) is 1. The van der Waals surface area contributed by atoms with Gasteiger partial charge in [0.05, 0.1) is 32.6 Å². The topological polar surface area (TPSA) is 112 Å². The number of amides is 1. The molecule has 1 N–H and O–H groups in total. The number of ether oxygens (including phenoxy) is 2. The van der Waals surface area contributed by atoms with Gasteiger partial charge in [-0.05, 0) is 40.0 Å². The average molecular weight is 500 g/mol. The van der Waals surface area contributed by atoms with Crippen molar-refractivity contribution in [3.05, 3.63) is 0 Å². The standard InChI is InChI=1S/C24H45N5O6/c1-7-29(16-21(31)25-9-8-19(2)3)13-12-28(6)18-23(33)35-24-14-20(30)15-26(4)10-11-27(5)17-22(32)34-24/h19,24H,7-18H2,1-6H3,(H,25,31). The summed E-state index contributed by atoms with van der Waals surface area (Å²) in [5, 5.41) is 2.94. The van der Waals surface area contributed by atoms with Gasteiger partial charge in [-0.25, -0.2) is 0 Å². The predicted octanol–water partition coefficient (Wildman–Crippen LogP) is -0.349. The Morgan fingerprint density at radius 1 is 1.11 bits per heavy atom. The average Bonchev–Trinajstić information content (AvgIpc) is 2.75. The number of hydrogen-bond acceptors (Lipinski definition) is 10. The van der Waals surface area contributed by atoms with Crippen LogP contribution in [0, 0.1) is 5.92 Å². The second-order valence-electron chi connectivity index (χ2n) is 9.77. The van der Waals surface area contributed by atoms with Crippen molar-refractivity contribution >= 4 is 23.6 Å². The van der Waals surface area contributed by atoms with E-state index in [0.717, 1.165) is 6.42 Å². The van der Waals surface area contributed by atoms with Crippen LogP contribution in [0.2, 0.25) is 0 Å². The van der Waals surface area contributed by atoms with Gasteiger partial charge in [-0.15, -0.1) is 0 Å². The van der Waals surface area contributed by atoms with E-state index < -0.39 is 18.2 Å². The van der Waals surface area contributed by atoms with Gasteiger partial charge in [0.25, 0.3) is 6.29 Å². The summed E-state index contributed by atoms with van der Waals surface area (Å²) in [6, 6.07) is 0. The Morgan fingerprint density at radius 2 is 1.77 bits per heavy atom. The largest absolute Gasteiger partial charge is 0.424 e. The van der Waals surface area contributed by atoms with Crippen LogP contribution < -0.4 is 5.32 Å². The molecular weight excluding hydrogens is 454 g/mol. The zero-order valence-electron chi connectivity index (χ0n) is 22.4. The highest BCUT2D eigenvalue weighted by Gasteiger charge is 2.25. The van der Waals surface area contributed by atoms with Gasteiger partial charge in [-0.3, -0.25) is 38.8 Å². The van der Waals surface area contributed by atoms with E-state index >= 15 is 0 Å². The second-order valence-corrected chi connectivity index (χ2v) is 9.77. The number of esters is 2. The fourth-order valence-corrected chi connectivity index (χ4v) is 3.47. The summed E-state index contributed by atoms with van der Waals surface area (Å²) in [5.74, 6) is -0.757. The first-order valence-electron chi connectivity index (χ1n) is 12.4.